The van der Waals surface area contributed by atoms with Crippen LogP contribution in [0.5, 0.6) is 0 Å². The lowest BCUT2D eigenvalue weighted by Crippen LogP contribution is -2.48. The van der Waals surface area contributed by atoms with E-state index in [9.17, 15) is 4.79 Å². The maximum absolute atomic E-state index is 15.2. The van der Waals surface area contributed by atoms with Crippen LogP contribution < -0.4 is 4.90 Å². The van der Waals surface area contributed by atoms with Crippen LogP contribution >= 0.6 is 23.1 Å². The van der Waals surface area contributed by atoms with E-state index in [1.807, 2.05) is 30.3 Å². The lowest BCUT2D eigenvalue weighted by Gasteiger charge is -2.34. The normalized spacial score (nSPS) is 14.6. The number of halogens is 2. The number of anilines is 1. The highest BCUT2D eigenvalue weighted by Gasteiger charge is 2.25. The van der Waals surface area contributed by atoms with Gasteiger partial charge in [-0.3, -0.25) is 4.79 Å². The highest BCUT2D eigenvalue weighted by atomic mass is 35.5. The molecule has 1 aromatic heterocycles. The third-order valence-corrected chi connectivity index (χ3v) is 5.98. The van der Waals surface area contributed by atoms with E-state index in [2.05, 4.69) is 15.9 Å². The molecule has 0 radical (unpaired) electrons. The molecule has 7 heteroatoms. The Labute approximate surface area is 165 Å². The van der Waals surface area contributed by atoms with Gasteiger partial charge in [-0.05, 0) is 29.2 Å². The molecule has 0 N–H and O–H groups in total. The fourth-order valence-electron chi connectivity index (χ4n) is 3.36. The van der Waals surface area contributed by atoms with Crippen LogP contribution in [0, 0.1) is 5.82 Å². The predicted octanol–water partition coefficient (Wildman–Crippen LogP) is 4.59. The van der Waals surface area contributed by atoms with Crippen LogP contribution in [0.2, 0.25) is 5.02 Å². The van der Waals surface area contributed by atoms with Crippen LogP contribution in [-0.4, -0.2) is 41.4 Å². The van der Waals surface area contributed by atoms with Crippen molar-refractivity contribution < 1.29 is 9.18 Å². The minimum Gasteiger partial charge on any atom is -0.358 e. The van der Waals surface area contributed by atoms with Crippen LogP contribution in [-0.2, 0) is 4.79 Å². The molecule has 0 unspecified atom stereocenters. The van der Waals surface area contributed by atoms with Crippen molar-refractivity contribution in [2.24, 2.45) is 0 Å². The van der Waals surface area contributed by atoms with Gasteiger partial charge < -0.3 is 9.80 Å². The van der Waals surface area contributed by atoms with Crippen molar-refractivity contribution in [3.8, 4) is 11.1 Å². The molecule has 1 fully saturated rings. The Hall–Kier alpha value is -2.44. The first kappa shape index (κ1) is 17.9. The third kappa shape index (κ3) is 3.19. The molecule has 4 nitrogen and oxygen atoms in total. The molecule has 1 amide bonds. The third-order valence-electron chi connectivity index (χ3n) is 4.76. The van der Waals surface area contributed by atoms with Gasteiger partial charge in [-0.1, -0.05) is 48.5 Å². The van der Waals surface area contributed by atoms with E-state index in [0.717, 1.165) is 10.6 Å². The van der Waals surface area contributed by atoms with Gasteiger partial charge in [0.2, 0.25) is 5.91 Å². The van der Waals surface area contributed by atoms with Gasteiger partial charge in [-0.2, -0.15) is 4.37 Å². The van der Waals surface area contributed by atoms with E-state index in [0.29, 0.717) is 47.7 Å². The fraction of sp³-hybridized carbons (Fsp3) is 0.200. The SMILES string of the molecule is C=CC(=O)N1CCN(c2snc3c(F)c(-c4ccccc4)c(Cl)cc23)CC1. The molecular formula is C20H17ClFN3OS. The zero-order valence-electron chi connectivity index (χ0n) is 14.5. The molecule has 27 heavy (non-hydrogen) atoms. The second-order valence-electron chi connectivity index (χ2n) is 6.31. The quantitative estimate of drug-likeness (QED) is 0.602. The average molecular weight is 402 g/mol. The van der Waals surface area contributed by atoms with Crippen molar-refractivity contribution in [1.29, 1.82) is 0 Å². The summed E-state index contributed by atoms with van der Waals surface area (Å²) < 4.78 is 19.5. The number of fused-ring (bicyclic) bond motifs is 1. The van der Waals surface area contributed by atoms with Crippen LogP contribution in [0.3, 0.4) is 0 Å². The summed E-state index contributed by atoms with van der Waals surface area (Å²) in [4.78, 5) is 15.6. The monoisotopic (exact) mass is 401 g/mol. The number of rotatable bonds is 3. The Morgan fingerprint density at radius 3 is 2.59 bits per heavy atom. The van der Waals surface area contributed by atoms with E-state index < -0.39 is 5.82 Å². The average Bonchev–Trinajstić information content (AvgIpc) is 3.12. The summed E-state index contributed by atoms with van der Waals surface area (Å²) in [6.45, 7) is 6.06. The number of amides is 1. The van der Waals surface area contributed by atoms with Crippen molar-refractivity contribution >= 4 is 44.9 Å². The van der Waals surface area contributed by atoms with Crippen molar-refractivity contribution in [2.45, 2.75) is 0 Å². The number of aromatic nitrogens is 1. The van der Waals surface area contributed by atoms with Crippen LogP contribution in [0.25, 0.3) is 22.0 Å². The van der Waals surface area contributed by atoms with E-state index in [-0.39, 0.29) is 5.91 Å². The first-order valence-electron chi connectivity index (χ1n) is 8.59. The summed E-state index contributed by atoms with van der Waals surface area (Å²) in [7, 11) is 0. The van der Waals surface area contributed by atoms with Crippen LogP contribution in [0.1, 0.15) is 0 Å². The van der Waals surface area contributed by atoms with E-state index in [1.54, 1.807) is 11.0 Å². The first-order chi connectivity index (χ1) is 13.1. The fourth-order valence-corrected chi connectivity index (χ4v) is 4.57. The zero-order chi connectivity index (χ0) is 19.0. The molecule has 0 saturated carbocycles. The molecule has 2 aromatic carbocycles. The van der Waals surface area contributed by atoms with E-state index in [4.69, 9.17) is 11.6 Å². The first-order valence-corrected chi connectivity index (χ1v) is 9.74. The highest BCUT2D eigenvalue weighted by molar-refractivity contribution is 7.11. The van der Waals surface area contributed by atoms with Gasteiger partial charge in [-0.25, -0.2) is 4.39 Å². The largest absolute Gasteiger partial charge is 0.358 e. The summed E-state index contributed by atoms with van der Waals surface area (Å²) in [5.74, 6) is -0.461. The summed E-state index contributed by atoms with van der Waals surface area (Å²) in [5, 5.41) is 1.97. The van der Waals surface area contributed by atoms with E-state index in [1.165, 1.54) is 17.6 Å². The second kappa shape index (κ2) is 7.29. The van der Waals surface area contributed by atoms with Crippen molar-refractivity contribution in [1.82, 2.24) is 9.27 Å². The van der Waals surface area contributed by atoms with Gasteiger partial charge in [0.1, 0.15) is 10.5 Å². The molecule has 1 aliphatic rings. The molecule has 0 aliphatic carbocycles. The Kier molecular flexibility index (Phi) is 4.85. The number of piperazine rings is 1. The van der Waals surface area contributed by atoms with E-state index >= 15 is 4.39 Å². The topological polar surface area (TPSA) is 36.4 Å². The van der Waals surface area contributed by atoms with Crippen molar-refractivity contribution in [3.63, 3.8) is 0 Å². The van der Waals surface area contributed by atoms with Gasteiger partial charge in [-0.15, -0.1) is 0 Å². The van der Waals surface area contributed by atoms with Crippen LogP contribution in [0.15, 0.2) is 49.1 Å². The minimum absolute atomic E-state index is 0.0644. The molecule has 4 rings (SSSR count). The highest BCUT2D eigenvalue weighted by Crippen LogP contribution is 2.40. The molecule has 138 valence electrons. The van der Waals surface area contributed by atoms with Gasteiger partial charge in [0.15, 0.2) is 5.82 Å². The zero-order valence-corrected chi connectivity index (χ0v) is 16.1. The predicted molar refractivity (Wildman–Crippen MR) is 109 cm³/mol. The number of carbonyl (C=O) groups excluding carboxylic acids is 1. The molecule has 0 bridgehead atoms. The maximum Gasteiger partial charge on any atom is 0.246 e. The summed E-state index contributed by atoms with van der Waals surface area (Å²) >= 11 is 7.71. The Morgan fingerprint density at radius 1 is 1.22 bits per heavy atom. The molecular weight excluding hydrogens is 385 g/mol. The molecule has 2 heterocycles. The minimum atomic E-state index is -0.397. The standard InChI is InChI=1S/C20H17ClFN3OS/c1-2-16(26)24-8-10-25(11-9-24)20-14-12-15(21)17(13-6-4-3-5-7-13)18(22)19(14)23-27-20/h2-7,12H,1,8-11H2. The number of benzene rings is 2. The Balaban J connectivity index is 1.69. The number of carbonyl (C=O) groups is 1. The molecule has 1 saturated heterocycles. The number of hydrogen-bond donors (Lipinski definition) is 0. The molecule has 3 aromatic rings. The van der Waals surface area contributed by atoms with Gasteiger partial charge >= 0.3 is 0 Å². The second-order valence-corrected chi connectivity index (χ2v) is 7.47. The van der Waals surface area contributed by atoms with Gasteiger partial charge in [0.05, 0.1) is 5.02 Å². The maximum atomic E-state index is 15.2. The van der Waals surface area contributed by atoms with Crippen LogP contribution in [0.4, 0.5) is 9.39 Å². The summed E-state index contributed by atoms with van der Waals surface area (Å²) in [5.41, 5.74) is 1.44. The molecule has 1 aliphatic heterocycles. The number of nitrogens with zero attached hydrogens (tertiary/aromatic N) is 3. The Morgan fingerprint density at radius 2 is 1.93 bits per heavy atom. The van der Waals surface area contributed by atoms with Crippen molar-refractivity contribution in [2.75, 3.05) is 31.1 Å². The lowest BCUT2D eigenvalue weighted by atomic mass is 10.0. The van der Waals surface area contributed by atoms with Crippen molar-refractivity contribution in [3.05, 3.63) is 59.9 Å². The molecule has 0 atom stereocenters. The lowest BCUT2D eigenvalue weighted by molar-refractivity contribution is -0.126. The van der Waals surface area contributed by atoms with Gasteiger partial charge in [0.25, 0.3) is 0 Å². The van der Waals surface area contributed by atoms with Gasteiger partial charge in [0, 0.05) is 37.1 Å². The Bertz CT molecular complexity index is 1010. The molecule has 0 spiro atoms. The summed E-state index contributed by atoms with van der Waals surface area (Å²) in [6, 6.07) is 11.0. The number of hydrogen-bond acceptors (Lipinski definition) is 4. The smallest absolute Gasteiger partial charge is 0.246 e. The summed E-state index contributed by atoms with van der Waals surface area (Å²) in [6.07, 6.45) is 1.33.